The molecule has 0 radical (unpaired) electrons. The number of pyridine rings is 2. The van der Waals surface area contributed by atoms with Crippen LogP contribution in [-0.2, 0) is 9.59 Å². The molecular formula is C33H46N6O6S6Si2. The van der Waals surface area contributed by atoms with E-state index in [1.165, 1.54) is 69.0 Å². The van der Waals surface area contributed by atoms with Gasteiger partial charge in [0.05, 0.1) is 11.1 Å². The number of aromatic nitrogens is 2. The molecule has 2 unspecified atom stereocenters. The van der Waals surface area contributed by atoms with Crippen LogP contribution in [0.2, 0.25) is 51.4 Å². The molecule has 2 aliphatic rings. The first kappa shape index (κ1) is 43.5. The van der Waals surface area contributed by atoms with E-state index in [4.69, 9.17) is 24.4 Å². The Morgan fingerprint density at radius 1 is 0.774 bits per heavy atom. The molecule has 0 bridgehead atoms. The van der Waals surface area contributed by atoms with Crippen molar-refractivity contribution in [2.75, 3.05) is 46.7 Å². The molecule has 2 aliphatic heterocycles. The molecular weight excluding hydrogens is 825 g/mol. The number of carbonyl (C=O) groups is 4. The smallest absolute Gasteiger partial charge is 0.278 e. The largest absolute Gasteiger partial charge is 0.710 e. The van der Waals surface area contributed by atoms with Crippen molar-refractivity contribution in [2.45, 2.75) is 79.9 Å². The lowest BCUT2D eigenvalue weighted by molar-refractivity contribution is -0.631. The van der Waals surface area contributed by atoms with Gasteiger partial charge >= 0.3 is 0 Å². The van der Waals surface area contributed by atoms with Crippen molar-refractivity contribution in [3.8, 4) is 0 Å². The number of nitrogens with zero attached hydrogens (tertiary/aromatic N) is 4. The maximum absolute atomic E-state index is 13.8. The van der Waals surface area contributed by atoms with Crippen LogP contribution in [-0.4, -0.2) is 107 Å². The Morgan fingerprint density at radius 2 is 1.15 bits per heavy atom. The molecule has 0 aliphatic carbocycles. The van der Waals surface area contributed by atoms with Gasteiger partial charge in [-0.3, -0.25) is 39.6 Å². The van der Waals surface area contributed by atoms with Crippen LogP contribution < -0.4 is 20.1 Å². The van der Waals surface area contributed by atoms with Crippen LogP contribution >= 0.6 is 71.5 Å². The van der Waals surface area contributed by atoms with Gasteiger partial charge in [0, 0.05) is 59.3 Å². The van der Waals surface area contributed by atoms with Crippen molar-refractivity contribution in [3.63, 3.8) is 0 Å². The zero-order valence-electron chi connectivity index (χ0n) is 30.7. The third-order valence-electron chi connectivity index (χ3n) is 8.24. The Kier molecular flexibility index (Phi) is 15.7. The van der Waals surface area contributed by atoms with Crippen LogP contribution in [0.1, 0.15) is 27.1 Å². The molecule has 4 heterocycles. The Labute approximate surface area is 340 Å². The molecule has 2 saturated heterocycles. The summed E-state index contributed by atoms with van der Waals surface area (Å²) in [5.41, 5.74) is 0.466. The summed E-state index contributed by atoms with van der Waals surface area (Å²) >= 11 is 16.2. The minimum absolute atomic E-state index is 0.0398. The number of hydrogen-bond acceptors (Lipinski definition) is 14. The minimum atomic E-state index is -1.45. The summed E-state index contributed by atoms with van der Waals surface area (Å²) < 4.78 is 2.19. The summed E-state index contributed by atoms with van der Waals surface area (Å²) in [6, 6.07) is 5.85. The van der Waals surface area contributed by atoms with E-state index >= 15 is 0 Å². The summed E-state index contributed by atoms with van der Waals surface area (Å²) in [6.07, 6.45) is 1.08. The van der Waals surface area contributed by atoms with Crippen molar-refractivity contribution in [1.29, 1.82) is 0 Å². The molecule has 2 aromatic heterocycles. The number of carbonyl (C=O) groups excluding carboxylic acids is 4. The highest BCUT2D eigenvalue weighted by molar-refractivity contribution is 8.23. The molecule has 0 spiro atoms. The van der Waals surface area contributed by atoms with E-state index in [0.717, 1.165) is 12.1 Å². The lowest BCUT2D eigenvalue weighted by Gasteiger charge is -2.23. The van der Waals surface area contributed by atoms with Gasteiger partial charge in [0.25, 0.3) is 23.5 Å². The van der Waals surface area contributed by atoms with Gasteiger partial charge in [-0.1, -0.05) is 111 Å². The van der Waals surface area contributed by atoms with E-state index in [9.17, 15) is 29.6 Å². The topological polar surface area (TPSA) is 153 Å². The van der Waals surface area contributed by atoms with Gasteiger partial charge in [-0.05, 0) is 35.7 Å². The quantitative estimate of drug-likeness (QED) is 0.0463. The molecule has 53 heavy (non-hydrogen) atoms. The molecule has 0 aromatic carbocycles. The zero-order chi connectivity index (χ0) is 39.1. The average Bonchev–Trinajstić information content (AvgIpc) is 3.72. The van der Waals surface area contributed by atoms with Crippen molar-refractivity contribution >= 4 is 132 Å². The zero-order valence-corrected chi connectivity index (χ0v) is 37.6. The van der Waals surface area contributed by atoms with Gasteiger partial charge in [-0.15, -0.1) is 0 Å². The van der Waals surface area contributed by atoms with Gasteiger partial charge < -0.3 is 10.4 Å². The predicted octanol–water partition coefficient (Wildman–Crippen LogP) is 5.81. The highest BCUT2D eigenvalue weighted by Gasteiger charge is 2.33. The number of anilines is 2. The normalized spacial score (nSPS) is 16.1. The van der Waals surface area contributed by atoms with Crippen molar-refractivity contribution in [1.82, 2.24) is 9.80 Å². The lowest BCUT2D eigenvalue weighted by Crippen LogP contribution is -2.43. The summed E-state index contributed by atoms with van der Waals surface area (Å²) in [6.45, 7) is 14.3. The standard InChI is InChI=1S/C33H46N6O6S6Si2/c1-52(2,3)17-15-48-30-24(28(42)36-11-13-50-32(36)46)7-9-26(38(30)44)34-22(20-40)19-23(21-41)35-27-10-8-25(29(43)37-12-14-51-33(37)47)31(39(27)45)49-16-18-53(4,5)6/h7-10,20-23,34-35H,11-19H2,1-6H3. The van der Waals surface area contributed by atoms with E-state index in [0.29, 0.717) is 66.8 Å². The number of thioether (sulfide) groups is 4. The molecule has 12 nitrogen and oxygen atoms in total. The molecule has 0 saturated carbocycles. The summed E-state index contributed by atoms with van der Waals surface area (Å²) in [5, 5.41) is 34.0. The van der Waals surface area contributed by atoms with Gasteiger partial charge in [0.1, 0.15) is 8.64 Å². The minimum Gasteiger partial charge on any atom is -0.710 e. The van der Waals surface area contributed by atoms with Crippen molar-refractivity contribution in [3.05, 3.63) is 45.8 Å². The van der Waals surface area contributed by atoms with Crippen LogP contribution in [0.3, 0.4) is 0 Å². The maximum atomic E-state index is 13.8. The van der Waals surface area contributed by atoms with E-state index in [1.807, 2.05) is 0 Å². The molecule has 2 N–H and O–H groups in total. The molecule has 2 aromatic rings. The first-order chi connectivity index (χ1) is 24.9. The van der Waals surface area contributed by atoms with Gasteiger partial charge in [0.15, 0.2) is 34.7 Å². The summed E-state index contributed by atoms with van der Waals surface area (Å²) in [7, 11) is -2.91. The number of hydrogen-bond donors (Lipinski definition) is 2. The average molecular weight is 871 g/mol. The molecule has 4 rings (SSSR count). The van der Waals surface area contributed by atoms with E-state index in [2.05, 4.69) is 49.9 Å². The van der Waals surface area contributed by atoms with Gasteiger partial charge in [-0.25, -0.2) is 9.46 Å². The second-order valence-corrected chi connectivity index (χ2v) is 31.8. The lowest BCUT2D eigenvalue weighted by atomic mass is 10.1. The summed E-state index contributed by atoms with van der Waals surface area (Å²) in [5.74, 6) is 2.04. The number of amides is 2. The second kappa shape index (κ2) is 19.1. The second-order valence-electron chi connectivity index (χ2n) is 14.9. The Hall–Kier alpha value is -2.21. The van der Waals surface area contributed by atoms with Crippen molar-refractivity contribution < 1.29 is 28.6 Å². The first-order valence-corrected chi connectivity index (χ1v) is 29.3. The SMILES string of the molecule is C[Si](C)(C)CCSc1c(C(=O)N2CCSC2=S)ccc(NC(C=O)CC(C=O)Nc2ccc(C(=O)N3CCSC3=S)c(SCC[Si](C)(C)C)[n+]2[O-])[n+]1[O-]. The number of thiocarbonyl (C=S) groups is 2. The highest BCUT2D eigenvalue weighted by atomic mass is 32.2. The highest BCUT2D eigenvalue weighted by Crippen LogP contribution is 2.30. The maximum Gasteiger partial charge on any atom is 0.278 e. The molecule has 2 fully saturated rings. The predicted molar refractivity (Wildman–Crippen MR) is 232 cm³/mol. The fourth-order valence-electron chi connectivity index (χ4n) is 5.16. The first-order valence-electron chi connectivity index (χ1n) is 17.1. The molecule has 20 heteroatoms. The number of nitrogens with one attached hydrogen (secondary N) is 2. The Bertz CT molecular complexity index is 1620. The van der Waals surface area contributed by atoms with Crippen molar-refractivity contribution in [2.24, 2.45) is 0 Å². The molecule has 288 valence electrons. The van der Waals surface area contributed by atoms with E-state index < -0.39 is 28.2 Å². The van der Waals surface area contributed by atoms with Gasteiger partial charge in [0.2, 0.25) is 0 Å². The molecule has 2 amide bonds. The van der Waals surface area contributed by atoms with E-state index in [-0.39, 0.29) is 51.0 Å². The fraction of sp³-hybridized carbons (Fsp3) is 0.515. The fourth-order valence-corrected chi connectivity index (χ4v) is 14.7. The van der Waals surface area contributed by atoms with Crippen LogP contribution in [0, 0.1) is 10.4 Å². The number of rotatable bonds is 18. The number of aldehydes is 2. The van der Waals surface area contributed by atoms with E-state index in [1.54, 1.807) is 12.1 Å². The van der Waals surface area contributed by atoms with Crippen LogP contribution in [0.4, 0.5) is 11.6 Å². The monoisotopic (exact) mass is 870 g/mol. The third kappa shape index (κ3) is 11.9. The van der Waals surface area contributed by atoms with Crippen LogP contribution in [0.15, 0.2) is 34.3 Å². The Balaban J connectivity index is 1.57. The van der Waals surface area contributed by atoms with Crippen LogP contribution in [0.25, 0.3) is 0 Å². The third-order valence-corrected chi connectivity index (χ3v) is 17.5. The van der Waals surface area contributed by atoms with Crippen LogP contribution in [0.5, 0.6) is 0 Å². The van der Waals surface area contributed by atoms with Gasteiger partial charge in [-0.2, -0.15) is 0 Å². The summed E-state index contributed by atoms with van der Waals surface area (Å²) in [4.78, 5) is 54.7. The Morgan fingerprint density at radius 3 is 1.45 bits per heavy atom. The molecule has 2 atom stereocenters.